The summed E-state index contributed by atoms with van der Waals surface area (Å²) in [5.41, 5.74) is 2.22. The molecule has 4 rings (SSSR count). The molecule has 0 amide bonds. The first-order valence-electron chi connectivity index (χ1n) is 9.25. The highest BCUT2D eigenvalue weighted by Gasteiger charge is 2.35. The van der Waals surface area contributed by atoms with Gasteiger partial charge >= 0.3 is 0 Å². The van der Waals surface area contributed by atoms with E-state index in [1.54, 1.807) is 19.2 Å². The second-order valence-electron chi connectivity index (χ2n) is 6.86. The minimum absolute atomic E-state index is 0.0262. The van der Waals surface area contributed by atoms with E-state index < -0.39 is 4.92 Å². The molecule has 2 aromatic rings. The number of nitrogens with zero attached hydrogens (tertiary/aromatic N) is 1. The summed E-state index contributed by atoms with van der Waals surface area (Å²) in [6.07, 6.45) is 0.908. The van der Waals surface area contributed by atoms with Gasteiger partial charge in [-0.25, -0.2) is 0 Å². The van der Waals surface area contributed by atoms with E-state index in [0.29, 0.717) is 23.0 Å². The van der Waals surface area contributed by atoms with Gasteiger partial charge in [-0.3, -0.25) is 10.1 Å². The molecule has 1 unspecified atom stereocenters. The van der Waals surface area contributed by atoms with Gasteiger partial charge in [0.25, 0.3) is 5.69 Å². The predicted molar refractivity (Wildman–Crippen MR) is 104 cm³/mol. The fourth-order valence-corrected chi connectivity index (χ4v) is 3.65. The summed E-state index contributed by atoms with van der Waals surface area (Å²) < 4.78 is 22.4. The number of hydrogen-bond donors (Lipinski definition) is 1. The number of benzene rings is 2. The summed E-state index contributed by atoms with van der Waals surface area (Å²) in [6, 6.07) is 7.89. The maximum absolute atomic E-state index is 10.7. The minimum atomic E-state index is -0.443. The van der Waals surface area contributed by atoms with E-state index in [4.69, 9.17) is 18.9 Å². The van der Waals surface area contributed by atoms with Crippen molar-refractivity contribution in [1.29, 1.82) is 0 Å². The van der Waals surface area contributed by atoms with E-state index >= 15 is 0 Å². The number of nitro benzene ring substituents is 1. The standard InChI is InChI=1S/C21H20N2O6/c1-22-10-9-14-12-18-20(29-13-28-18)21(26-2)19(14)17(22)4-3-11-27-16-7-5-15(6-8-16)23(24)25/h5-8,12,17H,9-11,13H2,1-2H3/p+1/t17-/m1/s1. The second kappa shape index (κ2) is 7.89. The van der Waals surface area contributed by atoms with E-state index in [9.17, 15) is 10.1 Å². The van der Waals surface area contributed by atoms with Gasteiger partial charge in [-0.15, -0.1) is 0 Å². The Labute approximate surface area is 168 Å². The molecule has 8 heteroatoms. The number of quaternary nitrogens is 1. The summed E-state index contributed by atoms with van der Waals surface area (Å²) in [5, 5.41) is 10.7. The van der Waals surface area contributed by atoms with Gasteiger partial charge < -0.3 is 23.8 Å². The summed E-state index contributed by atoms with van der Waals surface area (Å²) in [6.45, 7) is 1.32. The smallest absolute Gasteiger partial charge is 0.269 e. The molecule has 29 heavy (non-hydrogen) atoms. The molecule has 0 fully saturated rings. The van der Waals surface area contributed by atoms with Gasteiger partial charge in [0.05, 0.1) is 31.2 Å². The zero-order valence-electron chi connectivity index (χ0n) is 16.2. The monoisotopic (exact) mass is 397 g/mol. The number of nitrogens with one attached hydrogen (secondary N) is 1. The van der Waals surface area contributed by atoms with E-state index in [1.165, 1.54) is 17.0 Å². The van der Waals surface area contributed by atoms with Crippen LogP contribution in [0.4, 0.5) is 5.69 Å². The van der Waals surface area contributed by atoms with E-state index in [2.05, 4.69) is 18.9 Å². The first-order valence-corrected chi connectivity index (χ1v) is 9.25. The average Bonchev–Trinajstić information content (AvgIpc) is 3.19. The number of non-ortho nitro benzene ring substituents is 1. The Morgan fingerprint density at radius 2 is 2.10 bits per heavy atom. The zero-order valence-corrected chi connectivity index (χ0v) is 16.2. The maximum Gasteiger partial charge on any atom is 0.269 e. The molecule has 2 aliphatic rings. The van der Waals surface area contributed by atoms with Crippen LogP contribution in [0.15, 0.2) is 30.3 Å². The van der Waals surface area contributed by atoms with Gasteiger partial charge in [-0.2, -0.15) is 0 Å². The van der Waals surface area contributed by atoms with Crippen LogP contribution in [0.25, 0.3) is 0 Å². The zero-order chi connectivity index (χ0) is 20.4. The second-order valence-corrected chi connectivity index (χ2v) is 6.86. The largest absolute Gasteiger partial charge is 0.492 e. The van der Waals surface area contributed by atoms with Crippen molar-refractivity contribution in [2.75, 3.05) is 34.1 Å². The lowest BCUT2D eigenvalue weighted by atomic mass is 9.91. The van der Waals surface area contributed by atoms with Gasteiger partial charge in [0.15, 0.2) is 17.5 Å². The molecule has 2 aromatic carbocycles. The predicted octanol–water partition coefficient (Wildman–Crippen LogP) is 1.53. The molecule has 150 valence electrons. The molecule has 0 saturated carbocycles. The lowest BCUT2D eigenvalue weighted by molar-refractivity contribution is -0.905. The van der Waals surface area contributed by atoms with Crippen LogP contribution in [0.5, 0.6) is 23.0 Å². The molecule has 0 aromatic heterocycles. The Hall–Kier alpha value is -3.44. The lowest BCUT2D eigenvalue weighted by Gasteiger charge is -2.29. The first-order chi connectivity index (χ1) is 14.1. The Balaban J connectivity index is 1.54. The molecule has 0 spiro atoms. The van der Waals surface area contributed by atoms with Crippen LogP contribution in [-0.2, 0) is 6.42 Å². The number of methoxy groups -OCH3 is 1. The normalized spacial score (nSPS) is 19.0. The minimum Gasteiger partial charge on any atom is -0.492 e. The summed E-state index contributed by atoms with van der Waals surface area (Å²) >= 11 is 0. The van der Waals surface area contributed by atoms with Crippen LogP contribution in [0, 0.1) is 22.0 Å². The summed E-state index contributed by atoms with van der Waals surface area (Å²) in [5.74, 6) is 8.95. The molecule has 0 aliphatic carbocycles. The molecular weight excluding hydrogens is 376 g/mol. The number of fused-ring (bicyclic) bond motifs is 2. The van der Waals surface area contributed by atoms with E-state index in [0.717, 1.165) is 24.1 Å². The Kier molecular flexibility index (Phi) is 5.14. The SMILES string of the molecule is COc1c2c(cc3c1[C@@H](C#CCOc1ccc([N+](=O)[O-])cc1)[NH+](C)CC3)OCO2. The highest BCUT2D eigenvalue weighted by Crippen LogP contribution is 2.47. The Bertz CT molecular complexity index is 993. The topological polar surface area (TPSA) is 84.5 Å². The molecule has 2 heterocycles. The van der Waals surface area contributed by atoms with Crippen molar-refractivity contribution in [3.63, 3.8) is 0 Å². The van der Waals surface area contributed by atoms with Crippen LogP contribution in [0.3, 0.4) is 0 Å². The number of ether oxygens (including phenoxy) is 4. The van der Waals surface area contributed by atoms with Crippen molar-refractivity contribution >= 4 is 5.69 Å². The highest BCUT2D eigenvalue weighted by atomic mass is 16.7. The van der Waals surface area contributed by atoms with Crippen molar-refractivity contribution in [3.8, 4) is 34.8 Å². The van der Waals surface area contributed by atoms with Gasteiger partial charge in [0.2, 0.25) is 12.5 Å². The Morgan fingerprint density at radius 1 is 1.31 bits per heavy atom. The van der Waals surface area contributed by atoms with Crippen LogP contribution in [0.2, 0.25) is 0 Å². The van der Waals surface area contributed by atoms with E-state index in [-0.39, 0.29) is 25.1 Å². The number of rotatable bonds is 4. The number of likely N-dealkylation sites (N-methyl/N-ethyl adjacent to an activating group) is 1. The number of hydrogen-bond acceptors (Lipinski definition) is 6. The van der Waals surface area contributed by atoms with Gasteiger partial charge in [-0.1, -0.05) is 5.92 Å². The van der Waals surface area contributed by atoms with Gasteiger partial charge in [0.1, 0.15) is 12.4 Å². The molecular formula is C21H21N2O6+. The van der Waals surface area contributed by atoms with Crippen LogP contribution >= 0.6 is 0 Å². The summed E-state index contributed by atoms with van der Waals surface area (Å²) in [7, 11) is 3.73. The molecule has 1 N–H and O–H groups in total. The highest BCUT2D eigenvalue weighted by molar-refractivity contribution is 5.62. The van der Waals surface area contributed by atoms with Crippen LogP contribution < -0.4 is 23.8 Å². The van der Waals surface area contributed by atoms with Crippen molar-refractivity contribution in [3.05, 3.63) is 51.6 Å². The van der Waals surface area contributed by atoms with Gasteiger partial charge in [0, 0.05) is 18.6 Å². The fraction of sp³-hybridized carbons (Fsp3) is 0.333. The van der Waals surface area contributed by atoms with Crippen molar-refractivity contribution < 1.29 is 28.8 Å². The quantitative estimate of drug-likeness (QED) is 0.479. The van der Waals surface area contributed by atoms with E-state index in [1.807, 2.05) is 6.07 Å². The molecule has 8 nitrogen and oxygen atoms in total. The Morgan fingerprint density at radius 3 is 2.83 bits per heavy atom. The maximum atomic E-state index is 10.7. The third kappa shape index (κ3) is 3.65. The van der Waals surface area contributed by atoms with Crippen LogP contribution in [0.1, 0.15) is 17.2 Å². The van der Waals surface area contributed by atoms with Crippen molar-refractivity contribution in [1.82, 2.24) is 0 Å². The molecule has 0 radical (unpaired) electrons. The first kappa shape index (κ1) is 18.9. The molecule has 2 aliphatic heterocycles. The number of nitro groups is 1. The molecule has 0 bridgehead atoms. The van der Waals surface area contributed by atoms with Crippen molar-refractivity contribution in [2.45, 2.75) is 12.5 Å². The fourth-order valence-electron chi connectivity index (χ4n) is 3.65. The van der Waals surface area contributed by atoms with Crippen LogP contribution in [-0.4, -0.2) is 39.0 Å². The lowest BCUT2D eigenvalue weighted by Crippen LogP contribution is -3.10. The van der Waals surface area contributed by atoms with Gasteiger partial charge in [-0.05, 0) is 29.7 Å². The average molecular weight is 397 g/mol. The molecule has 0 saturated heterocycles. The van der Waals surface area contributed by atoms with Crippen molar-refractivity contribution in [2.24, 2.45) is 0 Å². The molecule has 2 atom stereocenters. The third-order valence-corrected chi connectivity index (χ3v) is 5.12. The summed E-state index contributed by atoms with van der Waals surface area (Å²) in [4.78, 5) is 11.5. The third-order valence-electron chi connectivity index (χ3n) is 5.12.